The number of hydrogen-bond donors (Lipinski definition) is 1. The molecule has 1 unspecified atom stereocenters. The van der Waals surface area contributed by atoms with Gasteiger partial charge in [0.15, 0.2) is 0 Å². The summed E-state index contributed by atoms with van der Waals surface area (Å²) in [6.07, 6.45) is 3.81. The molecule has 1 atom stereocenters. The largest absolute Gasteiger partial charge is 0.312 e. The first-order valence-corrected chi connectivity index (χ1v) is 15.8. The number of benzene rings is 2. The molecule has 213 valence electrons. The molecule has 4 nitrogen and oxygen atoms in total. The van der Waals surface area contributed by atoms with E-state index in [1.807, 2.05) is 117 Å². The van der Waals surface area contributed by atoms with E-state index in [-0.39, 0.29) is 38.8 Å². The first kappa shape index (κ1) is 36.7. The van der Waals surface area contributed by atoms with Gasteiger partial charge in [-0.1, -0.05) is 70.5 Å². The minimum atomic E-state index is -0.126. The van der Waals surface area contributed by atoms with Gasteiger partial charge >= 0.3 is 0 Å². The molecule has 7 heteroatoms. The van der Waals surface area contributed by atoms with Crippen molar-refractivity contribution in [1.82, 2.24) is 10.2 Å². The average molecular weight is 659 g/mol. The second kappa shape index (κ2) is 22.3. The predicted octanol–water partition coefficient (Wildman–Crippen LogP) is 8.58. The summed E-state index contributed by atoms with van der Waals surface area (Å²) in [5.74, 6) is 0. The van der Waals surface area contributed by atoms with Gasteiger partial charge in [-0.05, 0) is 52.4 Å². The monoisotopic (exact) mass is 658 g/mol. The van der Waals surface area contributed by atoms with Crippen molar-refractivity contribution in [2.45, 2.75) is 59.7 Å². The summed E-state index contributed by atoms with van der Waals surface area (Å²) in [5, 5.41) is 25.3. The van der Waals surface area contributed by atoms with Crippen LogP contribution < -0.4 is 5.32 Å². The van der Waals surface area contributed by atoms with E-state index < -0.39 is 0 Å². The zero-order chi connectivity index (χ0) is 29.0. The Morgan fingerprint density at radius 2 is 1.39 bits per heavy atom. The van der Waals surface area contributed by atoms with E-state index in [4.69, 9.17) is 5.26 Å². The fourth-order valence-electron chi connectivity index (χ4n) is 4.29. The SMILES string of the molecule is CC.CC.N#CC(c1ccccc1)N1CCc2sccc2C1.N#C[CH-]c1ccccc1.[Y].c1cc2c(s1)CCNC2. The van der Waals surface area contributed by atoms with Gasteiger partial charge in [-0.25, -0.2) is 5.26 Å². The van der Waals surface area contributed by atoms with Crippen molar-refractivity contribution in [3.63, 3.8) is 0 Å². The molecule has 2 aromatic carbocycles. The minimum Gasteiger partial charge on any atom is -0.312 e. The first-order chi connectivity index (χ1) is 19.8. The molecule has 4 aromatic rings. The number of rotatable bonds is 3. The van der Waals surface area contributed by atoms with Crippen LogP contribution in [0.4, 0.5) is 0 Å². The molecule has 6 rings (SSSR count). The van der Waals surface area contributed by atoms with Crippen molar-refractivity contribution in [1.29, 1.82) is 10.5 Å². The van der Waals surface area contributed by atoms with Crippen LogP contribution in [-0.4, -0.2) is 18.0 Å². The summed E-state index contributed by atoms with van der Waals surface area (Å²) in [4.78, 5) is 5.33. The molecule has 0 saturated heterocycles. The van der Waals surface area contributed by atoms with Crippen LogP contribution in [0.15, 0.2) is 83.6 Å². The second-order valence-corrected chi connectivity index (χ2v) is 10.5. The number of nitriles is 2. The second-order valence-electron chi connectivity index (χ2n) is 8.51. The van der Waals surface area contributed by atoms with Crippen LogP contribution in [-0.2, 0) is 58.6 Å². The number of nitrogens with zero attached hydrogens (tertiary/aromatic N) is 3. The Balaban J connectivity index is 0.000000310. The van der Waals surface area contributed by atoms with E-state index in [9.17, 15) is 5.26 Å². The summed E-state index contributed by atoms with van der Waals surface area (Å²) in [5.41, 5.74) is 4.95. The Morgan fingerprint density at radius 1 is 0.805 bits per heavy atom. The third-order valence-corrected chi connectivity index (χ3v) is 8.20. The number of nitrogens with one attached hydrogen (secondary N) is 1. The molecule has 2 aliphatic heterocycles. The Bertz CT molecular complexity index is 1270. The average Bonchev–Trinajstić information content (AvgIpc) is 3.71. The minimum absolute atomic E-state index is 0. The van der Waals surface area contributed by atoms with Crippen LogP contribution in [0, 0.1) is 29.1 Å². The maximum Gasteiger partial charge on any atom is 0.124 e. The molecule has 2 aliphatic rings. The van der Waals surface area contributed by atoms with Crippen LogP contribution in [0.2, 0.25) is 0 Å². The topological polar surface area (TPSA) is 62.9 Å². The van der Waals surface area contributed by atoms with Crippen molar-refractivity contribution >= 4 is 22.7 Å². The van der Waals surface area contributed by atoms with Gasteiger partial charge in [-0.15, -0.1) is 34.8 Å². The van der Waals surface area contributed by atoms with Crippen LogP contribution in [0.5, 0.6) is 0 Å². The van der Waals surface area contributed by atoms with Gasteiger partial charge < -0.3 is 5.32 Å². The van der Waals surface area contributed by atoms with Crippen LogP contribution in [0.25, 0.3) is 0 Å². The summed E-state index contributed by atoms with van der Waals surface area (Å²) >= 11 is 3.72. The van der Waals surface area contributed by atoms with E-state index in [2.05, 4.69) is 39.2 Å². The van der Waals surface area contributed by atoms with E-state index in [0.717, 1.165) is 43.7 Å². The van der Waals surface area contributed by atoms with Gasteiger partial charge in [-0.3, -0.25) is 4.90 Å². The number of hydrogen-bond acceptors (Lipinski definition) is 6. The Morgan fingerprint density at radius 3 is 1.98 bits per heavy atom. The molecule has 0 aliphatic carbocycles. The Kier molecular flexibility index (Phi) is 20.0. The van der Waals surface area contributed by atoms with E-state index in [1.54, 1.807) is 4.88 Å². The van der Waals surface area contributed by atoms with Gasteiger partial charge in [0.2, 0.25) is 0 Å². The summed E-state index contributed by atoms with van der Waals surface area (Å²) in [7, 11) is 0. The molecule has 0 saturated carbocycles. The first-order valence-electron chi connectivity index (χ1n) is 14.1. The van der Waals surface area contributed by atoms with Gasteiger partial charge in [-0.2, -0.15) is 23.0 Å². The molecule has 0 amide bonds. The predicted molar refractivity (Wildman–Crippen MR) is 171 cm³/mol. The molecule has 0 bridgehead atoms. The van der Waals surface area contributed by atoms with Crippen LogP contribution >= 0.6 is 22.7 Å². The quantitative estimate of drug-likeness (QED) is 0.224. The van der Waals surface area contributed by atoms with Crippen molar-refractivity contribution in [2.24, 2.45) is 0 Å². The third kappa shape index (κ3) is 12.2. The molecule has 0 spiro atoms. The molecule has 2 aromatic heterocycles. The van der Waals surface area contributed by atoms with Crippen molar-refractivity contribution in [3.05, 3.63) is 122 Å². The zero-order valence-corrected chi connectivity index (χ0v) is 29.2. The van der Waals surface area contributed by atoms with Gasteiger partial charge in [0.25, 0.3) is 0 Å². The van der Waals surface area contributed by atoms with Crippen LogP contribution in [0.3, 0.4) is 0 Å². The fourth-order valence-corrected chi connectivity index (χ4v) is 6.08. The zero-order valence-electron chi connectivity index (χ0n) is 24.7. The number of fused-ring (bicyclic) bond motifs is 2. The number of thiophene rings is 2. The molecular formula is C34H41N4S2Y-. The van der Waals surface area contributed by atoms with E-state index in [0.29, 0.717) is 0 Å². The summed E-state index contributed by atoms with van der Waals surface area (Å²) in [6, 6.07) is 28.3. The van der Waals surface area contributed by atoms with E-state index >= 15 is 0 Å². The smallest absolute Gasteiger partial charge is 0.124 e. The van der Waals surface area contributed by atoms with Crippen molar-refractivity contribution in [2.75, 3.05) is 13.1 Å². The van der Waals surface area contributed by atoms with Gasteiger partial charge in [0.05, 0.1) is 6.07 Å². The van der Waals surface area contributed by atoms with Crippen LogP contribution in [0.1, 0.15) is 65.7 Å². The molecule has 1 N–H and O–H groups in total. The Labute approximate surface area is 280 Å². The Hall–Kier alpha value is -2.29. The fraction of sp³-hybridized carbons (Fsp3) is 0.324. The molecule has 41 heavy (non-hydrogen) atoms. The summed E-state index contributed by atoms with van der Waals surface area (Å²) in [6.45, 7) is 12.1. The maximum absolute atomic E-state index is 9.44. The third-order valence-electron chi connectivity index (χ3n) is 6.15. The van der Waals surface area contributed by atoms with Gasteiger partial charge in [0.1, 0.15) is 6.04 Å². The molecular weight excluding hydrogens is 617 g/mol. The molecule has 1 radical (unpaired) electrons. The molecule has 4 heterocycles. The van der Waals surface area contributed by atoms with Crippen molar-refractivity contribution < 1.29 is 32.7 Å². The van der Waals surface area contributed by atoms with E-state index in [1.165, 1.54) is 28.8 Å². The maximum atomic E-state index is 9.44. The molecule has 0 fully saturated rings. The van der Waals surface area contributed by atoms with Crippen molar-refractivity contribution in [3.8, 4) is 12.1 Å². The summed E-state index contributed by atoms with van der Waals surface area (Å²) < 4.78 is 0. The van der Waals surface area contributed by atoms with Gasteiger partial charge in [0, 0.05) is 74.7 Å². The standard InChI is InChI=1S/C15H14N2S.C8H6N.C7H9NS.2C2H6.Y/c16-10-14(12-4-2-1-3-5-12)17-8-6-15-13(11-17)7-9-18-15;9-7-6-8-4-2-1-3-5-8;1-3-8-5-6-2-4-9-7(1)6;2*1-2;/h1-5,7,9,14H,6,8,11H2;1-6H;2,4,8H,1,3,5H2;2*1-2H3;/q;-1;;;;. The normalized spacial score (nSPS) is 13.2.